The maximum absolute atomic E-state index is 10.8. The first-order chi connectivity index (χ1) is 7.91. The van der Waals surface area contributed by atoms with Gasteiger partial charge in [-0.3, -0.25) is 9.69 Å². The Balaban J connectivity index is 2.46. The van der Waals surface area contributed by atoms with Gasteiger partial charge in [-0.15, -0.1) is 0 Å². The zero-order valence-electron chi connectivity index (χ0n) is 10.9. The number of likely N-dealkylation sites (N-methyl/N-ethyl adjacent to an activating group) is 1. The molecule has 0 heterocycles. The Morgan fingerprint density at radius 3 is 2.29 bits per heavy atom. The molecule has 1 aliphatic rings. The van der Waals surface area contributed by atoms with Crippen molar-refractivity contribution in [2.75, 3.05) is 40.3 Å². The maximum Gasteiger partial charge on any atom is 0.317 e. The highest BCUT2D eigenvalue weighted by molar-refractivity contribution is 5.69. The van der Waals surface area contributed by atoms with Crippen LogP contribution < -0.4 is 0 Å². The second-order valence-corrected chi connectivity index (χ2v) is 5.34. The molecule has 0 aromatic rings. The number of hydrogen-bond acceptors (Lipinski definition) is 4. The molecule has 0 aromatic carbocycles. The molecule has 5 nitrogen and oxygen atoms in total. The van der Waals surface area contributed by atoms with Crippen molar-refractivity contribution in [3.63, 3.8) is 0 Å². The number of carboxylic acid groups (broad SMARTS) is 1. The van der Waals surface area contributed by atoms with Gasteiger partial charge in [0.2, 0.25) is 0 Å². The molecule has 1 rings (SSSR count). The van der Waals surface area contributed by atoms with E-state index in [1.54, 1.807) is 0 Å². The molecule has 17 heavy (non-hydrogen) atoms. The van der Waals surface area contributed by atoms with Crippen LogP contribution in [-0.4, -0.2) is 71.9 Å². The SMILES string of the molecule is CN(C)CCN(CC(=O)O)CC1(O)CCCC1. The van der Waals surface area contributed by atoms with Crippen LogP contribution in [0.15, 0.2) is 0 Å². The van der Waals surface area contributed by atoms with Crippen molar-refractivity contribution in [3.8, 4) is 0 Å². The lowest BCUT2D eigenvalue weighted by Crippen LogP contribution is -2.45. The normalized spacial score (nSPS) is 19.1. The van der Waals surface area contributed by atoms with Crippen LogP contribution in [0.3, 0.4) is 0 Å². The van der Waals surface area contributed by atoms with Gasteiger partial charge in [-0.05, 0) is 26.9 Å². The molecule has 0 aliphatic heterocycles. The van der Waals surface area contributed by atoms with Crippen LogP contribution in [0.1, 0.15) is 25.7 Å². The zero-order valence-corrected chi connectivity index (χ0v) is 10.9. The van der Waals surface area contributed by atoms with E-state index in [2.05, 4.69) is 0 Å². The molecule has 2 N–H and O–H groups in total. The number of aliphatic hydroxyl groups is 1. The van der Waals surface area contributed by atoms with Crippen LogP contribution in [-0.2, 0) is 4.79 Å². The van der Waals surface area contributed by atoms with Gasteiger partial charge in [0.1, 0.15) is 0 Å². The molecule has 0 atom stereocenters. The lowest BCUT2D eigenvalue weighted by Gasteiger charge is -2.31. The number of rotatable bonds is 7. The Morgan fingerprint density at radius 2 is 1.82 bits per heavy atom. The highest BCUT2D eigenvalue weighted by Gasteiger charge is 2.33. The summed E-state index contributed by atoms with van der Waals surface area (Å²) in [5.41, 5.74) is -0.665. The predicted molar refractivity (Wildman–Crippen MR) is 66.0 cm³/mol. The first-order valence-corrected chi connectivity index (χ1v) is 6.22. The van der Waals surface area contributed by atoms with E-state index in [1.165, 1.54) is 0 Å². The van der Waals surface area contributed by atoms with Crippen LogP contribution in [0.25, 0.3) is 0 Å². The summed E-state index contributed by atoms with van der Waals surface area (Å²) in [7, 11) is 3.92. The average Bonchev–Trinajstić information content (AvgIpc) is 2.60. The van der Waals surface area contributed by atoms with Crippen LogP contribution in [0.4, 0.5) is 0 Å². The van der Waals surface area contributed by atoms with Crippen molar-refractivity contribution in [1.82, 2.24) is 9.80 Å². The van der Waals surface area contributed by atoms with Gasteiger partial charge >= 0.3 is 5.97 Å². The summed E-state index contributed by atoms with van der Waals surface area (Å²) < 4.78 is 0. The third kappa shape index (κ3) is 5.48. The van der Waals surface area contributed by atoms with Gasteiger partial charge in [0, 0.05) is 19.6 Å². The molecule has 1 aliphatic carbocycles. The summed E-state index contributed by atoms with van der Waals surface area (Å²) in [5.74, 6) is -0.828. The third-order valence-electron chi connectivity index (χ3n) is 3.27. The molecule has 0 radical (unpaired) electrons. The monoisotopic (exact) mass is 244 g/mol. The number of aliphatic carboxylic acids is 1. The predicted octanol–water partition coefficient (Wildman–Crippen LogP) is 0.240. The van der Waals surface area contributed by atoms with Gasteiger partial charge in [-0.25, -0.2) is 0 Å². The Kier molecular flexibility index (Phi) is 5.36. The molecule has 0 aromatic heterocycles. The molecule has 0 spiro atoms. The van der Waals surface area contributed by atoms with E-state index in [4.69, 9.17) is 5.11 Å². The molecule has 100 valence electrons. The fourth-order valence-electron chi connectivity index (χ4n) is 2.35. The van der Waals surface area contributed by atoms with E-state index >= 15 is 0 Å². The summed E-state index contributed by atoms with van der Waals surface area (Å²) in [4.78, 5) is 14.7. The number of hydrogen-bond donors (Lipinski definition) is 2. The minimum Gasteiger partial charge on any atom is -0.480 e. The van der Waals surface area contributed by atoms with Crippen molar-refractivity contribution < 1.29 is 15.0 Å². The summed E-state index contributed by atoms with van der Waals surface area (Å²) >= 11 is 0. The molecule has 0 unspecified atom stereocenters. The van der Waals surface area contributed by atoms with Crippen LogP contribution in [0, 0.1) is 0 Å². The van der Waals surface area contributed by atoms with E-state index in [1.807, 2.05) is 23.9 Å². The van der Waals surface area contributed by atoms with Gasteiger partial charge in [0.25, 0.3) is 0 Å². The van der Waals surface area contributed by atoms with Crippen molar-refractivity contribution in [2.45, 2.75) is 31.3 Å². The Hall–Kier alpha value is -0.650. The summed E-state index contributed by atoms with van der Waals surface area (Å²) in [6, 6.07) is 0. The molecule has 1 fully saturated rings. The molecule has 5 heteroatoms. The largest absolute Gasteiger partial charge is 0.480 e. The standard InChI is InChI=1S/C12H24N2O3/c1-13(2)7-8-14(9-11(15)16)10-12(17)5-3-4-6-12/h17H,3-10H2,1-2H3,(H,15,16). The highest BCUT2D eigenvalue weighted by Crippen LogP contribution is 2.30. The van der Waals surface area contributed by atoms with Gasteiger partial charge in [0.15, 0.2) is 0 Å². The number of carbonyl (C=O) groups is 1. The first kappa shape index (κ1) is 14.4. The zero-order chi connectivity index (χ0) is 12.9. The minimum atomic E-state index is -0.828. The number of carboxylic acids is 1. The Labute approximate surface area is 103 Å². The highest BCUT2D eigenvalue weighted by atomic mass is 16.4. The lowest BCUT2D eigenvalue weighted by atomic mass is 10.0. The first-order valence-electron chi connectivity index (χ1n) is 6.22. The molecule has 0 bridgehead atoms. The summed E-state index contributed by atoms with van der Waals surface area (Å²) in [6.45, 7) is 1.98. The lowest BCUT2D eigenvalue weighted by molar-refractivity contribution is -0.139. The summed E-state index contributed by atoms with van der Waals surface area (Å²) in [5, 5.41) is 19.2. The van der Waals surface area contributed by atoms with Crippen LogP contribution in [0.2, 0.25) is 0 Å². The van der Waals surface area contributed by atoms with E-state index in [9.17, 15) is 9.90 Å². The summed E-state index contributed by atoms with van der Waals surface area (Å²) in [6.07, 6.45) is 3.69. The van der Waals surface area contributed by atoms with E-state index in [0.29, 0.717) is 13.1 Å². The van der Waals surface area contributed by atoms with Crippen LogP contribution in [0.5, 0.6) is 0 Å². The van der Waals surface area contributed by atoms with E-state index in [-0.39, 0.29) is 6.54 Å². The van der Waals surface area contributed by atoms with Crippen molar-refractivity contribution in [2.24, 2.45) is 0 Å². The minimum absolute atomic E-state index is 0.0101. The molecular weight excluding hydrogens is 220 g/mol. The van der Waals surface area contributed by atoms with Gasteiger partial charge < -0.3 is 15.1 Å². The molecule has 1 saturated carbocycles. The van der Waals surface area contributed by atoms with Crippen molar-refractivity contribution in [3.05, 3.63) is 0 Å². The third-order valence-corrected chi connectivity index (χ3v) is 3.27. The van der Waals surface area contributed by atoms with E-state index in [0.717, 1.165) is 32.2 Å². The van der Waals surface area contributed by atoms with Gasteiger partial charge in [-0.2, -0.15) is 0 Å². The maximum atomic E-state index is 10.8. The number of nitrogens with zero attached hydrogens (tertiary/aromatic N) is 2. The second-order valence-electron chi connectivity index (χ2n) is 5.34. The molecule has 0 amide bonds. The smallest absolute Gasteiger partial charge is 0.317 e. The Bertz CT molecular complexity index is 250. The average molecular weight is 244 g/mol. The Morgan fingerprint density at radius 1 is 1.24 bits per heavy atom. The van der Waals surface area contributed by atoms with Crippen molar-refractivity contribution >= 4 is 5.97 Å². The van der Waals surface area contributed by atoms with Gasteiger partial charge in [-0.1, -0.05) is 12.8 Å². The van der Waals surface area contributed by atoms with Crippen LogP contribution >= 0.6 is 0 Å². The van der Waals surface area contributed by atoms with Crippen molar-refractivity contribution in [1.29, 1.82) is 0 Å². The van der Waals surface area contributed by atoms with Gasteiger partial charge in [0.05, 0.1) is 12.1 Å². The second kappa shape index (κ2) is 6.33. The quantitative estimate of drug-likeness (QED) is 0.671. The fourth-order valence-corrected chi connectivity index (χ4v) is 2.35. The molecular formula is C12H24N2O3. The van der Waals surface area contributed by atoms with E-state index < -0.39 is 11.6 Å². The fraction of sp³-hybridized carbons (Fsp3) is 0.917. The topological polar surface area (TPSA) is 64.0 Å². The molecule has 0 saturated heterocycles.